The van der Waals surface area contributed by atoms with Crippen LogP contribution in [0.5, 0.6) is 0 Å². The molecule has 2 aliphatic rings. The van der Waals surface area contributed by atoms with Crippen LogP contribution in [-0.2, 0) is 4.79 Å². The van der Waals surface area contributed by atoms with Gasteiger partial charge in [-0.3, -0.25) is 9.69 Å². The number of rotatable bonds is 2. The number of amides is 1. The van der Waals surface area contributed by atoms with Gasteiger partial charge in [0, 0.05) is 38.3 Å². The van der Waals surface area contributed by atoms with E-state index in [0.29, 0.717) is 18.0 Å². The van der Waals surface area contributed by atoms with Crippen molar-refractivity contribution in [2.75, 3.05) is 26.2 Å². The number of likely N-dealkylation sites (tertiary alicyclic amines) is 1. The maximum atomic E-state index is 12.5. The van der Waals surface area contributed by atoms with E-state index in [-0.39, 0.29) is 6.04 Å². The zero-order valence-corrected chi connectivity index (χ0v) is 12.0. The van der Waals surface area contributed by atoms with E-state index in [1.54, 1.807) is 0 Å². The summed E-state index contributed by atoms with van der Waals surface area (Å²) in [4.78, 5) is 17.0. The Morgan fingerprint density at radius 3 is 2.28 bits per heavy atom. The van der Waals surface area contributed by atoms with Gasteiger partial charge >= 0.3 is 0 Å². The van der Waals surface area contributed by atoms with Crippen LogP contribution in [0.1, 0.15) is 40.0 Å². The van der Waals surface area contributed by atoms with E-state index in [0.717, 1.165) is 26.2 Å². The van der Waals surface area contributed by atoms with Crippen molar-refractivity contribution in [3.8, 4) is 0 Å². The van der Waals surface area contributed by atoms with Crippen molar-refractivity contribution in [2.24, 2.45) is 0 Å². The molecule has 0 radical (unpaired) electrons. The fraction of sp³-hybridized carbons (Fsp3) is 0.929. The van der Waals surface area contributed by atoms with Gasteiger partial charge in [-0.1, -0.05) is 6.42 Å². The second kappa shape index (κ2) is 6.02. The molecule has 4 heteroatoms. The number of nitrogens with one attached hydrogen (secondary N) is 1. The predicted octanol–water partition coefficient (Wildman–Crippen LogP) is 1.07. The Morgan fingerprint density at radius 2 is 1.72 bits per heavy atom. The van der Waals surface area contributed by atoms with Crippen molar-refractivity contribution >= 4 is 5.91 Å². The number of carbonyl (C=O) groups is 1. The number of carbonyl (C=O) groups excluding carboxylic acids is 1. The molecule has 1 amide bonds. The summed E-state index contributed by atoms with van der Waals surface area (Å²) in [7, 11) is 0. The molecule has 0 spiro atoms. The van der Waals surface area contributed by atoms with Gasteiger partial charge in [-0.25, -0.2) is 0 Å². The molecule has 2 saturated heterocycles. The smallest absolute Gasteiger partial charge is 0.239 e. The quantitative estimate of drug-likeness (QED) is 0.799. The molecule has 18 heavy (non-hydrogen) atoms. The van der Waals surface area contributed by atoms with E-state index >= 15 is 0 Å². The molecular formula is C14H27N3O. The average Bonchev–Trinajstić information content (AvgIpc) is 2.38. The molecule has 2 rings (SSSR count). The van der Waals surface area contributed by atoms with Gasteiger partial charge in [0.25, 0.3) is 0 Å². The van der Waals surface area contributed by atoms with Gasteiger partial charge in [-0.2, -0.15) is 0 Å². The maximum Gasteiger partial charge on any atom is 0.239 e. The summed E-state index contributed by atoms with van der Waals surface area (Å²) < 4.78 is 0. The van der Waals surface area contributed by atoms with Crippen LogP contribution in [0.4, 0.5) is 0 Å². The first-order chi connectivity index (χ1) is 8.61. The standard InChI is InChI=1S/C14H27N3O/c1-11-5-4-6-12(2)17(11)13(3)14(18)16-9-7-15-8-10-16/h11-13,15H,4-10H2,1-3H3. The van der Waals surface area contributed by atoms with Crippen LogP contribution in [0.2, 0.25) is 0 Å². The van der Waals surface area contributed by atoms with Crippen LogP contribution in [-0.4, -0.2) is 60.0 Å². The Bertz CT molecular complexity index is 279. The molecule has 0 aromatic carbocycles. The molecule has 3 atom stereocenters. The minimum atomic E-state index is 0.0356. The number of hydrogen-bond acceptors (Lipinski definition) is 3. The average molecular weight is 253 g/mol. The summed E-state index contributed by atoms with van der Waals surface area (Å²) in [5, 5.41) is 3.30. The highest BCUT2D eigenvalue weighted by molar-refractivity contribution is 5.81. The highest BCUT2D eigenvalue weighted by Gasteiger charge is 2.34. The summed E-state index contributed by atoms with van der Waals surface area (Å²) in [6.45, 7) is 10.2. The fourth-order valence-electron chi connectivity index (χ4n) is 3.48. The summed E-state index contributed by atoms with van der Waals surface area (Å²) >= 11 is 0. The molecule has 104 valence electrons. The fourth-order valence-corrected chi connectivity index (χ4v) is 3.48. The first kappa shape index (κ1) is 13.8. The van der Waals surface area contributed by atoms with E-state index < -0.39 is 0 Å². The molecule has 0 saturated carbocycles. The second-order valence-electron chi connectivity index (χ2n) is 5.83. The van der Waals surface area contributed by atoms with E-state index in [1.165, 1.54) is 19.3 Å². The molecule has 0 aromatic rings. The van der Waals surface area contributed by atoms with Crippen molar-refractivity contribution in [3.63, 3.8) is 0 Å². The molecule has 4 nitrogen and oxygen atoms in total. The summed E-state index contributed by atoms with van der Waals surface area (Å²) in [5.74, 6) is 0.317. The monoisotopic (exact) mass is 253 g/mol. The number of piperazine rings is 1. The van der Waals surface area contributed by atoms with Crippen molar-refractivity contribution < 1.29 is 4.79 Å². The van der Waals surface area contributed by atoms with Gasteiger partial charge < -0.3 is 10.2 Å². The molecule has 3 unspecified atom stereocenters. The van der Waals surface area contributed by atoms with Crippen LogP contribution >= 0.6 is 0 Å². The van der Waals surface area contributed by atoms with Gasteiger partial charge in [0.2, 0.25) is 5.91 Å². The lowest BCUT2D eigenvalue weighted by atomic mass is 9.95. The predicted molar refractivity (Wildman–Crippen MR) is 73.5 cm³/mol. The first-order valence-electron chi connectivity index (χ1n) is 7.38. The minimum absolute atomic E-state index is 0.0356. The molecule has 2 heterocycles. The molecule has 0 bridgehead atoms. The number of nitrogens with zero attached hydrogens (tertiary/aromatic N) is 2. The van der Waals surface area contributed by atoms with Crippen LogP contribution in [0.25, 0.3) is 0 Å². The van der Waals surface area contributed by atoms with Gasteiger partial charge in [-0.15, -0.1) is 0 Å². The van der Waals surface area contributed by atoms with Gasteiger partial charge in [0.05, 0.1) is 6.04 Å². The Balaban J connectivity index is 1.99. The SMILES string of the molecule is CC1CCCC(C)N1C(C)C(=O)N1CCNCC1. The van der Waals surface area contributed by atoms with Crippen LogP contribution < -0.4 is 5.32 Å². The van der Waals surface area contributed by atoms with E-state index in [9.17, 15) is 4.79 Å². The van der Waals surface area contributed by atoms with E-state index in [2.05, 4.69) is 31.0 Å². The zero-order chi connectivity index (χ0) is 13.1. The Kier molecular flexibility index (Phi) is 4.62. The third-order valence-electron chi connectivity index (χ3n) is 4.49. The summed E-state index contributed by atoms with van der Waals surface area (Å²) in [6.07, 6.45) is 3.75. The molecule has 0 aliphatic carbocycles. The number of piperidine rings is 1. The lowest BCUT2D eigenvalue weighted by Crippen LogP contribution is -2.57. The Hall–Kier alpha value is -0.610. The van der Waals surface area contributed by atoms with Gasteiger partial charge in [0.1, 0.15) is 0 Å². The Labute approximate surface area is 111 Å². The highest BCUT2D eigenvalue weighted by atomic mass is 16.2. The first-order valence-corrected chi connectivity index (χ1v) is 7.38. The van der Waals surface area contributed by atoms with E-state index in [4.69, 9.17) is 0 Å². The van der Waals surface area contributed by atoms with Crippen molar-refractivity contribution in [1.29, 1.82) is 0 Å². The van der Waals surface area contributed by atoms with Gasteiger partial charge in [-0.05, 0) is 33.6 Å². The molecule has 1 N–H and O–H groups in total. The topological polar surface area (TPSA) is 35.6 Å². The molecular weight excluding hydrogens is 226 g/mol. The largest absolute Gasteiger partial charge is 0.339 e. The van der Waals surface area contributed by atoms with Crippen molar-refractivity contribution in [2.45, 2.75) is 58.2 Å². The van der Waals surface area contributed by atoms with Crippen LogP contribution in [0.3, 0.4) is 0 Å². The normalized spacial score (nSPS) is 32.3. The lowest BCUT2D eigenvalue weighted by molar-refractivity contribution is -0.139. The zero-order valence-electron chi connectivity index (χ0n) is 12.0. The molecule has 2 aliphatic heterocycles. The van der Waals surface area contributed by atoms with Crippen molar-refractivity contribution in [1.82, 2.24) is 15.1 Å². The molecule has 2 fully saturated rings. The summed E-state index contributed by atoms with van der Waals surface area (Å²) in [6, 6.07) is 1.11. The summed E-state index contributed by atoms with van der Waals surface area (Å²) in [5.41, 5.74) is 0. The van der Waals surface area contributed by atoms with Crippen molar-refractivity contribution in [3.05, 3.63) is 0 Å². The third-order valence-corrected chi connectivity index (χ3v) is 4.49. The lowest BCUT2D eigenvalue weighted by Gasteiger charge is -2.44. The minimum Gasteiger partial charge on any atom is -0.339 e. The van der Waals surface area contributed by atoms with Gasteiger partial charge in [0.15, 0.2) is 0 Å². The van der Waals surface area contributed by atoms with E-state index in [1.807, 2.05) is 4.90 Å². The third kappa shape index (κ3) is 2.86. The molecule has 0 aromatic heterocycles. The van der Waals surface area contributed by atoms with Crippen LogP contribution in [0.15, 0.2) is 0 Å². The second-order valence-corrected chi connectivity index (χ2v) is 5.83. The number of hydrogen-bond donors (Lipinski definition) is 1. The maximum absolute atomic E-state index is 12.5. The highest BCUT2D eigenvalue weighted by Crippen LogP contribution is 2.25. The Morgan fingerprint density at radius 1 is 1.17 bits per heavy atom. The van der Waals surface area contributed by atoms with Crippen LogP contribution in [0, 0.1) is 0 Å².